The van der Waals surface area contributed by atoms with Crippen LogP contribution in [-0.2, 0) is 6.61 Å². The van der Waals surface area contributed by atoms with E-state index in [1.54, 1.807) is 0 Å². The Morgan fingerprint density at radius 2 is 1.94 bits per heavy atom. The first-order valence-corrected chi connectivity index (χ1v) is 5.82. The molecule has 0 fully saturated rings. The summed E-state index contributed by atoms with van der Waals surface area (Å²) in [5.41, 5.74) is 1.88. The first-order valence-electron chi connectivity index (χ1n) is 5.00. The molecular weight excluding hydrogens is 222 g/mol. The highest BCUT2D eigenvalue weighted by Gasteiger charge is 2.05. The Balaban J connectivity index is 2.14. The van der Waals surface area contributed by atoms with E-state index >= 15 is 0 Å². The van der Waals surface area contributed by atoms with Gasteiger partial charge in [0.15, 0.2) is 0 Å². The second-order valence-corrected chi connectivity index (χ2v) is 4.69. The summed E-state index contributed by atoms with van der Waals surface area (Å²) >= 11 is 1.54. The van der Waals surface area contributed by atoms with Gasteiger partial charge in [-0.25, -0.2) is 4.98 Å². The molecule has 3 nitrogen and oxygen atoms in total. The topological polar surface area (TPSA) is 42.4 Å². The van der Waals surface area contributed by atoms with E-state index in [9.17, 15) is 0 Å². The summed E-state index contributed by atoms with van der Waals surface area (Å²) in [4.78, 5) is 5.46. The van der Waals surface area contributed by atoms with Crippen molar-refractivity contribution in [1.82, 2.24) is 4.98 Å². The highest BCUT2D eigenvalue weighted by atomic mass is 32.1. The summed E-state index contributed by atoms with van der Waals surface area (Å²) in [5, 5.41) is 9.57. The van der Waals surface area contributed by atoms with Crippen LogP contribution in [-0.4, -0.2) is 10.1 Å². The van der Waals surface area contributed by atoms with E-state index in [2.05, 4.69) is 4.98 Å². The number of aliphatic hydroxyl groups excluding tert-OH is 1. The van der Waals surface area contributed by atoms with Gasteiger partial charge < -0.3 is 9.84 Å². The Bertz CT molecular complexity index is 457. The molecule has 0 amide bonds. The Labute approximate surface area is 98.4 Å². The van der Waals surface area contributed by atoms with Gasteiger partial charge in [0.1, 0.15) is 5.75 Å². The summed E-state index contributed by atoms with van der Waals surface area (Å²) in [7, 11) is 0. The minimum atomic E-state index is 0.0513. The van der Waals surface area contributed by atoms with Gasteiger partial charge >= 0.3 is 0 Å². The first-order chi connectivity index (χ1) is 7.69. The lowest BCUT2D eigenvalue weighted by molar-refractivity contribution is 0.281. The van der Waals surface area contributed by atoms with E-state index in [4.69, 9.17) is 9.84 Å². The lowest BCUT2D eigenvalue weighted by Gasteiger charge is -2.01. The van der Waals surface area contributed by atoms with Crippen LogP contribution in [0.1, 0.15) is 16.1 Å². The smallest absolute Gasteiger partial charge is 0.279 e. The molecule has 2 rings (SSSR count). The van der Waals surface area contributed by atoms with E-state index in [1.165, 1.54) is 16.2 Å². The molecule has 1 aromatic heterocycles. The molecule has 1 heterocycles. The van der Waals surface area contributed by atoms with Crippen LogP contribution in [0.25, 0.3) is 0 Å². The molecule has 0 atom stereocenters. The molecule has 0 aliphatic carbocycles. The molecule has 0 unspecified atom stereocenters. The van der Waals surface area contributed by atoms with Gasteiger partial charge in [-0.3, -0.25) is 0 Å². The van der Waals surface area contributed by atoms with Crippen molar-refractivity contribution in [3.05, 3.63) is 40.4 Å². The Morgan fingerprint density at radius 3 is 2.44 bits per heavy atom. The van der Waals surface area contributed by atoms with Gasteiger partial charge in [-0.2, -0.15) is 0 Å². The van der Waals surface area contributed by atoms with Crippen molar-refractivity contribution in [3.8, 4) is 10.9 Å². The fourth-order valence-electron chi connectivity index (χ4n) is 1.25. The predicted molar refractivity (Wildman–Crippen MR) is 64.0 cm³/mol. The van der Waals surface area contributed by atoms with Gasteiger partial charge in [-0.1, -0.05) is 23.5 Å². The van der Waals surface area contributed by atoms with Crippen molar-refractivity contribution < 1.29 is 9.84 Å². The number of thiazole rings is 1. The zero-order valence-corrected chi connectivity index (χ0v) is 10.0. The average molecular weight is 235 g/mol. The number of aliphatic hydroxyl groups is 1. The fraction of sp³-hybridized carbons (Fsp3) is 0.250. The van der Waals surface area contributed by atoms with Crippen LogP contribution in [0.5, 0.6) is 10.9 Å². The van der Waals surface area contributed by atoms with Crippen molar-refractivity contribution in [2.24, 2.45) is 0 Å². The number of benzene rings is 1. The normalized spacial score (nSPS) is 10.4. The maximum absolute atomic E-state index is 8.91. The average Bonchev–Trinajstić information content (AvgIpc) is 2.59. The largest absolute Gasteiger partial charge is 0.431 e. The number of nitrogens with zero attached hydrogens (tertiary/aromatic N) is 1. The fourth-order valence-corrected chi connectivity index (χ4v) is 2.03. The number of hydrogen-bond acceptors (Lipinski definition) is 4. The maximum atomic E-state index is 8.91. The first kappa shape index (κ1) is 11.1. The number of ether oxygens (including phenoxy) is 1. The third-order valence-corrected chi connectivity index (χ3v) is 3.27. The Hall–Kier alpha value is -1.39. The van der Waals surface area contributed by atoms with E-state index in [0.29, 0.717) is 5.19 Å². The predicted octanol–water partition coefficient (Wildman–Crippen LogP) is 3.04. The van der Waals surface area contributed by atoms with Crippen molar-refractivity contribution in [1.29, 1.82) is 0 Å². The molecule has 0 aliphatic heterocycles. The molecule has 4 heteroatoms. The van der Waals surface area contributed by atoms with Gasteiger partial charge in [-0.15, -0.1) is 0 Å². The quantitative estimate of drug-likeness (QED) is 0.889. The molecular formula is C12H13NO2S. The SMILES string of the molecule is Cc1nc(Oc2ccc(CO)cc2)sc1C. The van der Waals surface area contributed by atoms with Gasteiger partial charge in [0.2, 0.25) is 0 Å². The van der Waals surface area contributed by atoms with Crippen molar-refractivity contribution in [2.45, 2.75) is 20.5 Å². The second kappa shape index (κ2) is 4.63. The molecule has 0 bridgehead atoms. The zero-order chi connectivity index (χ0) is 11.5. The minimum Gasteiger partial charge on any atom is -0.431 e. The molecule has 0 saturated heterocycles. The van der Waals surface area contributed by atoms with Crippen LogP contribution in [0.4, 0.5) is 0 Å². The van der Waals surface area contributed by atoms with Crippen molar-refractivity contribution in [3.63, 3.8) is 0 Å². The number of rotatable bonds is 3. The van der Waals surface area contributed by atoms with Gasteiger partial charge in [0.25, 0.3) is 5.19 Å². The second-order valence-electron chi connectivity index (χ2n) is 3.53. The van der Waals surface area contributed by atoms with Gasteiger partial charge in [0.05, 0.1) is 12.3 Å². The van der Waals surface area contributed by atoms with Gasteiger partial charge in [-0.05, 0) is 31.5 Å². The van der Waals surface area contributed by atoms with Crippen LogP contribution in [0.2, 0.25) is 0 Å². The van der Waals surface area contributed by atoms with Gasteiger partial charge in [0, 0.05) is 4.88 Å². The van der Waals surface area contributed by atoms with Crippen LogP contribution in [0, 0.1) is 13.8 Å². The molecule has 1 aromatic carbocycles. The van der Waals surface area contributed by atoms with E-state index in [0.717, 1.165) is 17.0 Å². The summed E-state index contributed by atoms with van der Waals surface area (Å²) in [5.74, 6) is 0.742. The molecule has 2 aromatic rings. The standard InChI is InChI=1S/C12H13NO2S/c1-8-9(2)16-12(13-8)15-11-5-3-10(7-14)4-6-11/h3-6,14H,7H2,1-2H3. The monoisotopic (exact) mass is 235 g/mol. The number of aromatic nitrogens is 1. The van der Waals surface area contributed by atoms with Crippen molar-refractivity contribution >= 4 is 11.3 Å². The molecule has 0 saturated carbocycles. The molecule has 16 heavy (non-hydrogen) atoms. The summed E-state index contributed by atoms with van der Waals surface area (Å²) < 4.78 is 5.61. The van der Waals surface area contributed by atoms with Crippen LogP contribution in [0.15, 0.2) is 24.3 Å². The van der Waals surface area contributed by atoms with E-state index < -0.39 is 0 Å². The summed E-state index contributed by atoms with van der Waals surface area (Å²) in [6.07, 6.45) is 0. The zero-order valence-electron chi connectivity index (χ0n) is 9.23. The third kappa shape index (κ3) is 2.40. The van der Waals surface area contributed by atoms with E-state index in [-0.39, 0.29) is 6.61 Å². The van der Waals surface area contributed by atoms with E-state index in [1.807, 2.05) is 38.1 Å². The molecule has 84 valence electrons. The van der Waals surface area contributed by atoms with Crippen LogP contribution in [0.3, 0.4) is 0 Å². The van der Waals surface area contributed by atoms with Crippen molar-refractivity contribution in [2.75, 3.05) is 0 Å². The number of hydrogen-bond donors (Lipinski definition) is 1. The highest BCUT2D eigenvalue weighted by Crippen LogP contribution is 2.28. The summed E-state index contributed by atoms with van der Waals surface area (Å²) in [6, 6.07) is 7.33. The molecule has 0 aliphatic rings. The Kier molecular flexibility index (Phi) is 3.22. The molecule has 0 spiro atoms. The number of aryl methyl sites for hydroxylation is 2. The minimum absolute atomic E-state index is 0.0513. The van der Waals surface area contributed by atoms with Crippen LogP contribution < -0.4 is 4.74 Å². The Morgan fingerprint density at radius 1 is 1.25 bits per heavy atom. The lowest BCUT2D eigenvalue weighted by Crippen LogP contribution is -1.85. The highest BCUT2D eigenvalue weighted by molar-refractivity contribution is 7.13. The lowest BCUT2D eigenvalue weighted by atomic mass is 10.2. The molecule has 0 radical (unpaired) electrons. The summed E-state index contributed by atoms with van der Waals surface area (Å²) in [6.45, 7) is 4.04. The maximum Gasteiger partial charge on any atom is 0.279 e. The third-order valence-electron chi connectivity index (χ3n) is 2.32. The van der Waals surface area contributed by atoms with Crippen LogP contribution >= 0.6 is 11.3 Å². The molecule has 1 N–H and O–H groups in total.